The highest BCUT2D eigenvalue weighted by Gasteiger charge is 2.26. The molecule has 0 aliphatic carbocycles. The summed E-state index contributed by atoms with van der Waals surface area (Å²) in [6, 6.07) is 7.31. The molecule has 2 rings (SSSR count). The molecule has 1 aliphatic rings. The summed E-state index contributed by atoms with van der Waals surface area (Å²) in [4.78, 5) is 27.5. The van der Waals surface area contributed by atoms with Gasteiger partial charge in [-0.15, -0.1) is 0 Å². The Morgan fingerprint density at radius 3 is 2.24 bits per heavy atom. The van der Waals surface area contributed by atoms with Crippen LogP contribution in [0.3, 0.4) is 0 Å². The average molecular weight is 354 g/mol. The molecule has 0 spiro atoms. The maximum atomic E-state index is 12.3. The summed E-state index contributed by atoms with van der Waals surface area (Å²) in [6.07, 6.45) is 0. The van der Waals surface area contributed by atoms with E-state index in [1.165, 1.54) is 0 Å². The number of nitrogens with zero attached hydrogens (tertiary/aromatic N) is 2. The van der Waals surface area contributed by atoms with E-state index >= 15 is 0 Å². The Bertz CT molecular complexity index is 510. The number of anilines is 1. The highest BCUT2D eigenvalue weighted by Crippen LogP contribution is 2.15. The maximum Gasteiger partial charge on any atom is 0.241 e. The number of carbonyl (C=O) groups is 2. The molecule has 6 heteroatoms. The Hall–Kier alpha value is -1.40. The molecule has 1 saturated heterocycles. The van der Waals surface area contributed by atoms with Crippen LogP contribution in [0.4, 0.5) is 5.69 Å². The molecule has 1 aliphatic heterocycles. The third-order valence-corrected chi connectivity index (χ3v) is 4.33. The first-order valence-corrected chi connectivity index (χ1v) is 7.82. The summed E-state index contributed by atoms with van der Waals surface area (Å²) < 4.78 is 0.980. The van der Waals surface area contributed by atoms with Gasteiger partial charge in [0.05, 0.1) is 6.04 Å². The lowest BCUT2D eigenvalue weighted by atomic mass is 10.2. The maximum absolute atomic E-state index is 12.3. The molecule has 1 aromatic rings. The quantitative estimate of drug-likeness (QED) is 0.903. The van der Waals surface area contributed by atoms with Crippen molar-refractivity contribution in [3.8, 4) is 0 Å². The second-order valence-electron chi connectivity index (χ2n) is 5.21. The highest BCUT2D eigenvalue weighted by atomic mass is 79.9. The molecule has 0 bridgehead atoms. The van der Waals surface area contributed by atoms with Gasteiger partial charge in [-0.25, -0.2) is 0 Å². The van der Waals surface area contributed by atoms with Crippen molar-refractivity contribution in [3.63, 3.8) is 0 Å². The molecule has 0 aromatic heterocycles. The van der Waals surface area contributed by atoms with Crippen molar-refractivity contribution < 1.29 is 9.59 Å². The van der Waals surface area contributed by atoms with Crippen LogP contribution in [0, 0.1) is 0 Å². The molecular formula is C15H20BrN3O2. The van der Waals surface area contributed by atoms with Crippen LogP contribution in [0.5, 0.6) is 0 Å². The van der Waals surface area contributed by atoms with E-state index in [0.717, 1.165) is 23.2 Å². The van der Waals surface area contributed by atoms with E-state index in [1.54, 1.807) is 6.92 Å². The Morgan fingerprint density at radius 2 is 1.71 bits per heavy atom. The molecule has 1 N–H and O–H groups in total. The van der Waals surface area contributed by atoms with Crippen LogP contribution in [0.25, 0.3) is 0 Å². The fraction of sp³-hybridized carbons (Fsp3) is 0.467. The lowest BCUT2D eigenvalue weighted by Gasteiger charge is -2.37. The van der Waals surface area contributed by atoms with Gasteiger partial charge in [0.25, 0.3) is 0 Å². The first-order chi connectivity index (χ1) is 9.97. The Kier molecular flexibility index (Phi) is 5.36. The van der Waals surface area contributed by atoms with Gasteiger partial charge < -0.3 is 10.2 Å². The SMILES string of the molecule is CC(=O)N1CCN([C@@H](C)C(=O)Nc2ccc(Br)cc2)CC1. The average Bonchev–Trinajstić information content (AvgIpc) is 2.49. The predicted molar refractivity (Wildman–Crippen MR) is 86.1 cm³/mol. The van der Waals surface area contributed by atoms with Crippen LogP contribution in [0.15, 0.2) is 28.7 Å². The molecule has 1 aromatic carbocycles. The number of hydrogen-bond acceptors (Lipinski definition) is 3. The Labute approximate surface area is 133 Å². The molecule has 1 heterocycles. The first kappa shape index (κ1) is 16.0. The Morgan fingerprint density at radius 1 is 1.14 bits per heavy atom. The summed E-state index contributed by atoms with van der Waals surface area (Å²) in [6.45, 7) is 6.32. The molecule has 1 atom stereocenters. The van der Waals surface area contributed by atoms with Gasteiger partial charge in [-0.05, 0) is 31.2 Å². The van der Waals surface area contributed by atoms with Gasteiger partial charge in [0.15, 0.2) is 0 Å². The van der Waals surface area contributed by atoms with Gasteiger partial charge in [-0.3, -0.25) is 14.5 Å². The van der Waals surface area contributed by atoms with E-state index in [2.05, 4.69) is 26.1 Å². The van der Waals surface area contributed by atoms with Gasteiger partial charge in [0.2, 0.25) is 11.8 Å². The smallest absolute Gasteiger partial charge is 0.241 e. The number of piperazine rings is 1. The van der Waals surface area contributed by atoms with E-state index in [-0.39, 0.29) is 17.9 Å². The van der Waals surface area contributed by atoms with Crippen LogP contribution >= 0.6 is 15.9 Å². The zero-order chi connectivity index (χ0) is 15.4. The molecule has 2 amide bonds. The lowest BCUT2D eigenvalue weighted by Crippen LogP contribution is -2.53. The number of rotatable bonds is 3. The lowest BCUT2D eigenvalue weighted by molar-refractivity contribution is -0.131. The fourth-order valence-electron chi connectivity index (χ4n) is 2.37. The van der Waals surface area contributed by atoms with Crippen molar-refractivity contribution in [2.45, 2.75) is 19.9 Å². The van der Waals surface area contributed by atoms with E-state index < -0.39 is 0 Å². The molecular weight excluding hydrogens is 334 g/mol. The molecule has 5 nitrogen and oxygen atoms in total. The minimum atomic E-state index is -0.206. The van der Waals surface area contributed by atoms with E-state index in [9.17, 15) is 9.59 Å². The van der Waals surface area contributed by atoms with Gasteiger partial charge in [-0.1, -0.05) is 15.9 Å². The van der Waals surface area contributed by atoms with Crippen molar-refractivity contribution in [1.29, 1.82) is 0 Å². The second-order valence-corrected chi connectivity index (χ2v) is 6.13. The minimum absolute atomic E-state index is 0.0198. The highest BCUT2D eigenvalue weighted by molar-refractivity contribution is 9.10. The molecule has 0 saturated carbocycles. The molecule has 0 unspecified atom stereocenters. The summed E-state index contributed by atoms with van der Waals surface area (Å²) in [5.74, 6) is 0.0789. The van der Waals surface area contributed by atoms with Gasteiger partial charge in [0.1, 0.15) is 0 Å². The van der Waals surface area contributed by atoms with Crippen molar-refractivity contribution in [2.24, 2.45) is 0 Å². The third kappa shape index (κ3) is 4.28. The van der Waals surface area contributed by atoms with Crippen LogP contribution in [-0.4, -0.2) is 53.8 Å². The second kappa shape index (κ2) is 7.04. The molecule has 21 heavy (non-hydrogen) atoms. The minimum Gasteiger partial charge on any atom is -0.340 e. The third-order valence-electron chi connectivity index (χ3n) is 3.80. The predicted octanol–water partition coefficient (Wildman–Crippen LogP) is 1.94. The topological polar surface area (TPSA) is 52.7 Å². The normalized spacial score (nSPS) is 17.4. The molecule has 114 valence electrons. The van der Waals surface area contributed by atoms with Gasteiger partial charge in [-0.2, -0.15) is 0 Å². The van der Waals surface area contributed by atoms with Gasteiger partial charge >= 0.3 is 0 Å². The van der Waals surface area contributed by atoms with Crippen LogP contribution < -0.4 is 5.32 Å². The van der Waals surface area contributed by atoms with Crippen LogP contribution in [0.1, 0.15) is 13.8 Å². The number of amides is 2. The van der Waals surface area contributed by atoms with Crippen molar-refractivity contribution >= 4 is 33.4 Å². The Balaban J connectivity index is 1.88. The van der Waals surface area contributed by atoms with Crippen LogP contribution in [-0.2, 0) is 9.59 Å². The zero-order valence-corrected chi connectivity index (χ0v) is 13.9. The van der Waals surface area contributed by atoms with Crippen molar-refractivity contribution in [2.75, 3.05) is 31.5 Å². The van der Waals surface area contributed by atoms with Crippen molar-refractivity contribution in [3.05, 3.63) is 28.7 Å². The first-order valence-electron chi connectivity index (χ1n) is 7.03. The molecule has 0 radical (unpaired) electrons. The molecule has 1 fully saturated rings. The summed E-state index contributed by atoms with van der Waals surface area (Å²) >= 11 is 3.37. The number of benzene rings is 1. The van der Waals surface area contributed by atoms with Crippen LogP contribution in [0.2, 0.25) is 0 Å². The zero-order valence-electron chi connectivity index (χ0n) is 12.3. The standard InChI is InChI=1S/C15H20BrN3O2/c1-11(18-7-9-19(10-8-18)12(2)20)15(21)17-14-5-3-13(16)4-6-14/h3-6,11H,7-10H2,1-2H3,(H,17,21)/t11-/m0/s1. The number of nitrogens with one attached hydrogen (secondary N) is 1. The summed E-state index contributed by atoms with van der Waals surface area (Å²) in [7, 11) is 0. The summed E-state index contributed by atoms with van der Waals surface area (Å²) in [5, 5.41) is 2.92. The number of carbonyl (C=O) groups excluding carboxylic acids is 2. The van der Waals surface area contributed by atoms with Crippen molar-refractivity contribution in [1.82, 2.24) is 9.80 Å². The van der Waals surface area contributed by atoms with E-state index in [4.69, 9.17) is 0 Å². The van der Waals surface area contributed by atoms with E-state index in [0.29, 0.717) is 13.1 Å². The number of hydrogen-bond donors (Lipinski definition) is 1. The fourth-order valence-corrected chi connectivity index (χ4v) is 2.63. The largest absolute Gasteiger partial charge is 0.340 e. The monoisotopic (exact) mass is 353 g/mol. The number of halogens is 1. The summed E-state index contributed by atoms with van der Waals surface area (Å²) in [5.41, 5.74) is 0.789. The van der Waals surface area contributed by atoms with E-state index in [1.807, 2.05) is 36.1 Å². The van der Waals surface area contributed by atoms with Gasteiger partial charge in [0, 0.05) is 43.3 Å².